The van der Waals surface area contributed by atoms with Crippen molar-refractivity contribution in [2.24, 2.45) is 5.92 Å². The lowest BCUT2D eigenvalue weighted by Gasteiger charge is -2.37. The highest BCUT2D eigenvalue weighted by molar-refractivity contribution is 6.30. The summed E-state index contributed by atoms with van der Waals surface area (Å²) in [5.41, 5.74) is 2.80. The molecule has 3 N–H and O–H groups in total. The summed E-state index contributed by atoms with van der Waals surface area (Å²) in [6, 6.07) is 12.4. The fraction of sp³-hybridized carbons (Fsp3) is 0.419. The molecule has 1 aliphatic carbocycles. The normalized spacial score (nSPS) is 15.9. The fourth-order valence-electron chi connectivity index (χ4n) is 5.21. The molecule has 1 aliphatic heterocycles. The van der Waals surface area contributed by atoms with Gasteiger partial charge >= 0.3 is 6.03 Å². The van der Waals surface area contributed by atoms with E-state index in [4.69, 9.17) is 11.6 Å². The standard InChI is InChI=1S/C21H26FN3O.C10H12ClN3O/c1-3-25-21(10-8-16-4-5-16,18-9-11-23-15(2)12-18)17-6-7-19(22)20(13-17)24-14-26;11-8-3-4-9(12-7-8)13-10(15)14-5-1-2-6-14/h6-7,9,11-14,16,25H,3-5,8,10H2,1-2H3,(H,24,26);3-4,7H,1-2,5-6H2,(H,12,13,15). The molecule has 1 saturated heterocycles. The van der Waals surface area contributed by atoms with Crippen LogP contribution in [0, 0.1) is 18.7 Å². The predicted molar refractivity (Wildman–Crippen MR) is 161 cm³/mol. The Morgan fingerprint density at radius 2 is 1.88 bits per heavy atom. The Bertz CT molecular complexity index is 1310. The van der Waals surface area contributed by atoms with Gasteiger partial charge in [-0.25, -0.2) is 14.2 Å². The van der Waals surface area contributed by atoms with Gasteiger partial charge in [0.25, 0.3) is 0 Å². The van der Waals surface area contributed by atoms with E-state index in [9.17, 15) is 14.0 Å². The van der Waals surface area contributed by atoms with Crippen LogP contribution >= 0.6 is 11.6 Å². The van der Waals surface area contributed by atoms with Gasteiger partial charge in [0.1, 0.15) is 11.6 Å². The SMILES string of the molecule is CCNC(CCC1CC1)(c1ccnc(C)c1)c1ccc(F)c(NC=O)c1.O=C(Nc1ccc(Cl)cn1)N1CCCC1. The number of nitrogens with zero attached hydrogens (tertiary/aromatic N) is 3. The van der Waals surface area contributed by atoms with Gasteiger partial charge in [-0.3, -0.25) is 15.1 Å². The van der Waals surface area contributed by atoms with Crippen LogP contribution in [0.3, 0.4) is 0 Å². The minimum Gasteiger partial charge on any atom is -0.326 e. The third-order valence-electron chi connectivity index (χ3n) is 7.52. The Labute approximate surface area is 246 Å². The molecular formula is C31H38ClFN6O2. The van der Waals surface area contributed by atoms with Crippen molar-refractivity contribution in [2.75, 3.05) is 30.3 Å². The lowest BCUT2D eigenvalue weighted by molar-refractivity contribution is -0.105. The Balaban J connectivity index is 0.000000218. The zero-order valence-corrected chi connectivity index (χ0v) is 24.4. The summed E-state index contributed by atoms with van der Waals surface area (Å²) >= 11 is 5.69. The van der Waals surface area contributed by atoms with Crippen LogP contribution in [0.2, 0.25) is 5.02 Å². The monoisotopic (exact) mass is 580 g/mol. The minimum absolute atomic E-state index is 0.0812. The number of anilines is 2. The second kappa shape index (κ2) is 14.4. The predicted octanol–water partition coefficient (Wildman–Crippen LogP) is 6.50. The molecule has 8 nitrogen and oxygen atoms in total. The molecule has 3 aromatic rings. The number of likely N-dealkylation sites (tertiary alicyclic amines) is 1. The second-order valence-electron chi connectivity index (χ2n) is 10.5. The first kappa shape index (κ1) is 30.4. The summed E-state index contributed by atoms with van der Waals surface area (Å²) in [7, 11) is 0. The molecule has 218 valence electrons. The zero-order valence-electron chi connectivity index (χ0n) is 23.6. The van der Waals surface area contributed by atoms with Crippen LogP contribution in [-0.2, 0) is 10.3 Å². The number of pyridine rings is 2. The van der Waals surface area contributed by atoms with Gasteiger partial charge in [0.05, 0.1) is 16.2 Å². The van der Waals surface area contributed by atoms with Crippen molar-refractivity contribution in [2.45, 2.75) is 57.9 Å². The van der Waals surface area contributed by atoms with Gasteiger partial charge in [-0.05, 0) is 92.6 Å². The molecule has 0 spiro atoms. The van der Waals surface area contributed by atoms with Crippen LogP contribution in [0.1, 0.15) is 62.3 Å². The molecule has 41 heavy (non-hydrogen) atoms. The quantitative estimate of drug-likeness (QED) is 0.238. The number of halogens is 2. The largest absolute Gasteiger partial charge is 0.326 e. The van der Waals surface area contributed by atoms with Gasteiger partial charge in [-0.1, -0.05) is 37.4 Å². The lowest BCUT2D eigenvalue weighted by Crippen LogP contribution is -2.43. The Morgan fingerprint density at radius 3 is 2.51 bits per heavy atom. The zero-order chi connectivity index (χ0) is 29.2. The molecule has 2 fully saturated rings. The van der Waals surface area contributed by atoms with Crippen molar-refractivity contribution < 1.29 is 14.0 Å². The Kier molecular flexibility index (Phi) is 10.7. The number of carbonyl (C=O) groups is 2. The van der Waals surface area contributed by atoms with Gasteiger partial charge in [-0.15, -0.1) is 0 Å². The van der Waals surface area contributed by atoms with Crippen molar-refractivity contribution in [3.8, 4) is 0 Å². The van der Waals surface area contributed by atoms with Crippen LogP contribution in [0.25, 0.3) is 0 Å². The Hall–Kier alpha value is -3.56. The highest BCUT2D eigenvalue weighted by Crippen LogP contribution is 2.42. The van der Waals surface area contributed by atoms with Gasteiger partial charge in [0.2, 0.25) is 6.41 Å². The number of hydrogen-bond donors (Lipinski definition) is 3. The van der Waals surface area contributed by atoms with Gasteiger partial charge in [-0.2, -0.15) is 0 Å². The third kappa shape index (κ3) is 8.24. The van der Waals surface area contributed by atoms with Crippen LogP contribution in [0.5, 0.6) is 0 Å². The van der Waals surface area contributed by atoms with Crippen molar-refractivity contribution >= 4 is 35.5 Å². The first-order valence-electron chi connectivity index (χ1n) is 14.2. The number of nitrogens with one attached hydrogen (secondary N) is 3. The van der Waals surface area contributed by atoms with E-state index in [1.807, 2.05) is 25.3 Å². The molecule has 10 heteroatoms. The van der Waals surface area contributed by atoms with E-state index in [0.717, 1.165) is 68.1 Å². The lowest BCUT2D eigenvalue weighted by atomic mass is 9.78. The number of aryl methyl sites for hydroxylation is 1. The highest BCUT2D eigenvalue weighted by atomic mass is 35.5. The highest BCUT2D eigenvalue weighted by Gasteiger charge is 2.36. The molecule has 1 saturated carbocycles. The summed E-state index contributed by atoms with van der Waals surface area (Å²) in [6.07, 6.45) is 10.6. The van der Waals surface area contributed by atoms with Crippen molar-refractivity contribution in [3.63, 3.8) is 0 Å². The maximum Gasteiger partial charge on any atom is 0.323 e. The average molecular weight is 581 g/mol. The molecule has 3 amide bonds. The number of urea groups is 1. The first-order chi connectivity index (χ1) is 19.8. The number of benzene rings is 1. The number of hydrogen-bond acceptors (Lipinski definition) is 5. The molecule has 3 heterocycles. The molecular weight excluding hydrogens is 543 g/mol. The van der Waals surface area contributed by atoms with E-state index >= 15 is 0 Å². The summed E-state index contributed by atoms with van der Waals surface area (Å²) in [5, 5.41) is 9.43. The molecule has 5 rings (SSSR count). The van der Waals surface area contributed by atoms with Crippen molar-refractivity contribution in [1.82, 2.24) is 20.2 Å². The summed E-state index contributed by atoms with van der Waals surface area (Å²) in [5.74, 6) is 0.889. The van der Waals surface area contributed by atoms with E-state index in [1.165, 1.54) is 25.1 Å². The summed E-state index contributed by atoms with van der Waals surface area (Å²) < 4.78 is 14.1. The number of rotatable bonds is 10. The van der Waals surface area contributed by atoms with E-state index in [2.05, 4.69) is 38.9 Å². The maximum atomic E-state index is 14.1. The summed E-state index contributed by atoms with van der Waals surface area (Å²) in [4.78, 5) is 32.6. The van der Waals surface area contributed by atoms with Crippen molar-refractivity contribution in [3.05, 3.63) is 82.5 Å². The molecule has 1 unspecified atom stereocenters. The molecule has 0 bridgehead atoms. The number of amides is 3. The van der Waals surface area contributed by atoms with Crippen LogP contribution < -0.4 is 16.0 Å². The summed E-state index contributed by atoms with van der Waals surface area (Å²) in [6.45, 7) is 6.50. The van der Waals surface area contributed by atoms with Crippen LogP contribution in [0.15, 0.2) is 54.9 Å². The van der Waals surface area contributed by atoms with Gasteiger partial charge in [0, 0.05) is 31.2 Å². The van der Waals surface area contributed by atoms with Gasteiger partial charge < -0.3 is 15.5 Å². The minimum atomic E-state index is -0.432. The van der Waals surface area contributed by atoms with E-state index in [-0.39, 0.29) is 11.7 Å². The topological polar surface area (TPSA) is 99.2 Å². The smallest absolute Gasteiger partial charge is 0.323 e. The average Bonchev–Trinajstić information content (AvgIpc) is 3.63. The van der Waals surface area contributed by atoms with Crippen molar-refractivity contribution in [1.29, 1.82) is 0 Å². The molecule has 0 radical (unpaired) electrons. The molecule has 2 aliphatic rings. The number of aromatic nitrogens is 2. The number of carbonyl (C=O) groups excluding carboxylic acids is 2. The maximum absolute atomic E-state index is 14.1. The molecule has 1 atom stereocenters. The molecule has 1 aromatic carbocycles. The van der Waals surface area contributed by atoms with Gasteiger partial charge in [0.15, 0.2) is 0 Å². The van der Waals surface area contributed by atoms with E-state index < -0.39 is 11.4 Å². The second-order valence-corrected chi connectivity index (χ2v) is 11.0. The fourth-order valence-corrected chi connectivity index (χ4v) is 5.32. The molecule has 2 aromatic heterocycles. The van der Waals surface area contributed by atoms with Crippen LogP contribution in [-0.4, -0.2) is 46.9 Å². The van der Waals surface area contributed by atoms with Crippen LogP contribution in [0.4, 0.5) is 20.7 Å². The third-order valence-corrected chi connectivity index (χ3v) is 7.75. The first-order valence-corrected chi connectivity index (χ1v) is 14.6. The Morgan fingerprint density at radius 1 is 1.12 bits per heavy atom. The van der Waals surface area contributed by atoms with E-state index in [0.29, 0.717) is 17.3 Å². The van der Waals surface area contributed by atoms with E-state index in [1.54, 1.807) is 23.1 Å².